The van der Waals surface area contributed by atoms with Gasteiger partial charge in [-0.05, 0) is 44.4 Å². The van der Waals surface area contributed by atoms with E-state index in [0.717, 1.165) is 19.4 Å². The minimum Gasteiger partial charge on any atom is -0.348 e. The molecule has 1 unspecified atom stereocenters. The van der Waals surface area contributed by atoms with Crippen molar-refractivity contribution in [3.05, 3.63) is 40.4 Å². The molecule has 0 radical (unpaired) electrons. The standard InChI is InChI=1S/C19H24N4O2/c24-18-14-8-3-4-9-15(14)21-17(22-18)12-20-19(25)16-10-5-11-23(16)13-6-1-2-7-13/h3-4,8-9,13,16H,1-2,5-7,10-12H2,(H,20,25)(H,21,22,24). The summed E-state index contributed by atoms with van der Waals surface area (Å²) < 4.78 is 0. The van der Waals surface area contributed by atoms with Gasteiger partial charge in [-0.2, -0.15) is 0 Å². The summed E-state index contributed by atoms with van der Waals surface area (Å²) in [5, 5.41) is 3.54. The molecule has 2 heterocycles. The number of benzene rings is 1. The van der Waals surface area contributed by atoms with Gasteiger partial charge in [0.15, 0.2) is 0 Å². The molecule has 1 aliphatic carbocycles. The van der Waals surface area contributed by atoms with E-state index in [1.54, 1.807) is 6.07 Å². The third kappa shape index (κ3) is 3.31. The molecular weight excluding hydrogens is 316 g/mol. The van der Waals surface area contributed by atoms with Crippen LogP contribution < -0.4 is 10.9 Å². The molecule has 1 saturated heterocycles. The quantitative estimate of drug-likeness (QED) is 0.892. The zero-order chi connectivity index (χ0) is 17.2. The molecule has 1 amide bonds. The largest absolute Gasteiger partial charge is 0.348 e. The summed E-state index contributed by atoms with van der Waals surface area (Å²) in [4.78, 5) is 34.4. The molecule has 4 rings (SSSR count). The van der Waals surface area contributed by atoms with Crippen LogP contribution in [0.2, 0.25) is 0 Å². The first-order valence-electron chi connectivity index (χ1n) is 9.24. The number of aromatic nitrogens is 2. The molecule has 25 heavy (non-hydrogen) atoms. The highest BCUT2D eigenvalue weighted by Gasteiger charge is 2.36. The lowest BCUT2D eigenvalue weighted by Gasteiger charge is -2.29. The lowest BCUT2D eigenvalue weighted by Crippen LogP contribution is -2.47. The molecule has 1 aromatic heterocycles. The van der Waals surface area contributed by atoms with Gasteiger partial charge < -0.3 is 10.3 Å². The Kier molecular flexibility index (Phi) is 4.53. The van der Waals surface area contributed by atoms with Gasteiger partial charge >= 0.3 is 0 Å². The number of rotatable bonds is 4. The lowest BCUT2D eigenvalue weighted by atomic mass is 10.1. The molecular formula is C19H24N4O2. The molecule has 1 atom stereocenters. The number of hydrogen-bond donors (Lipinski definition) is 2. The highest BCUT2D eigenvalue weighted by atomic mass is 16.2. The molecule has 0 bridgehead atoms. The molecule has 6 heteroatoms. The number of likely N-dealkylation sites (tertiary alicyclic amines) is 1. The molecule has 2 N–H and O–H groups in total. The van der Waals surface area contributed by atoms with Gasteiger partial charge in [-0.1, -0.05) is 25.0 Å². The third-order valence-corrected chi connectivity index (χ3v) is 5.48. The van der Waals surface area contributed by atoms with E-state index in [1.807, 2.05) is 18.2 Å². The second-order valence-electron chi connectivity index (χ2n) is 7.08. The second kappa shape index (κ2) is 6.96. The van der Waals surface area contributed by atoms with E-state index in [2.05, 4.69) is 20.2 Å². The fraction of sp³-hybridized carbons (Fsp3) is 0.526. The molecule has 1 aliphatic heterocycles. The minimum absolute atomic E-state index is 0.0321. The molecule has 132 valence electrons. The summed E-state index contributed by atoms with van der Waals surface area (Å²) in [6.45, 7) is 1.28. The van der Waals surface area contributed by atoms with Crippen molar-refractivity contribution in [2.75, 3.05) is 6.54 Å². The smallest absolute Gasteiger partial charge is 0.258 e. The molecule has 1 aromatic carbocycles. The van der Waals surface area contributed by atoms with Gasteiger partial charge in [0.1, 0.15) is 5.82 Å². The summed E-state index contributed by atoms with van der Waals surface area (Å²) >= 11 is 0. The fourth-order valence-electron chi connectivity index (χ4n) is 4.25. The number of carbonyl (C=O) groups excluding carboxylic acids is 1. The van der Waals surface area contributed by atoms with Crippen LogP contribution in [0.5, 0.6) is 0 Å². The zero-order valence-corrected chi connectivity index (χ0v) is 14.3. The van der Waals surface area contributed by atoms with Gasteiger partial charge in [0.25, 0.3) is 5.56 Å². The molecule has 2 aliphatic rings. The lowest BCUT2D eigenvalue weighted by molar-refractivity contribution is -0.126. The number of fused-ring (bicyclic) bond motifs is 1. The topological polar surface area (TPSA) is 78.1 Å². The minimum atomic E-state index is -0.164. The maximum Gasteiger partial charge on any atom is 0.258 e. The van der Waals surface area contributed by atoms with Crippen LogP contribution in [-0.2, 0) is 11.3 Å². The number of H-pyrrole nitrogens is 1. The summed E-state index contributed by atoms with van der Waals surface area (Å²) in [7, 11) is 0. The monoisotopic (exact) mass is 340 g/mol. The first-order chi connectivity index (χ1) is 12.2. The van der Waals surface area contributed by atoms with Crippen molar-refractivity contribution >= 4 is 16.8 Å². The van der Waals surface area contributed by atoms with E-state index in [-0.39, 0.29) is 24.1 Å². The molecule has 2 fully saturated rings. The summed E-state index contributed by atoms with van der Waals surface area (Å²) in [5.74, 6) is 0.558. The predicted octanol–water partition coefficient (Wildman–Crippen LogP) is 1.95. The normalized spacial score (nSPS) is 21.8. The first kappa shape index (κ1) is 16.3. The van der Waals surface area contributed by atoms with E-state index >= 15 is 0 Å². The van der Waals surface area contributed by atoms with Crippen LogP contribution in [0.15, 0.2) is 29.1 Å². The van der Waals surface area contributed by atoms with E-state index in [1.165, 1.54) is 25.7 Å². The van der Waals surface area contributed by atoms with Gasteiger partial charge in [0.05, 0.1) is 23.5 Å². The number of hydrogen-bond acceptors (Lipinski definition) is 4. The van der Waals surface area contributed by atoms with Crippen LogP contribution in [0.25, 0.3) is 10.9 Å². The van der Waals surface area contributed by atoms with Crippen molar-refractivity contribution in [1.82, 2.24) is 20.2 Å². The first-order valence-corrected chi connectivity index (χ1v) is 9.24. The number of nitrogens with one attached hydrogen (secondary N) is 2. The van der Waals surface area contributed by atoms with Crippen molar-refractivity contribution < 1.29 is 4.79 Å². The number of aromatic amines is 1. The highest BCUT2D eigenvalue weighted by Crippen LogP contribution is 2.30. The van der Waals surface area contributed by atoms with Gasteiger partial charge in [0, 0.05) is 6.04 Å². The van der Waals surface area contributed by atoms with Crippen LogP contribution in [0.4, 0.5) is 0 Å². The van der Waals surface area contributed by atoms with E-state index < -0.39 is 0 Å². The predicted molar refractivity (Wildman–Crippen MR) is 96.2 cm³/mol. The van der Waals surface area contributed by atoms with Crippen molar-refractivity contribution in [2.45, 2.75) is 57.2 Å². The van der Waals surface area contributed by atoms with E-state index in [9.17, 15) is 9.59 Å². The van der Waals surface area contributed by atoms with Crippen molar-refractivity contribution in [1.29, 1.82) is 0 Å². The average molecular weight is 340 g/mol. The van der Waals surface area contributed by atoms with Gasteiger partial charge in [-0.15, -0.1) is 0 Å². The maximum absolute atomic E-state index is 12.7. The highest BCUT2D eigenvalue weighted by molar-refractivity contribution is 5.82. The van der Waals surface area contributed by atoms with E-state index in [4.69, 9.17) is 0 Å². The molecule has 2 aromatic rings. The Hall–Kier alpha value is -2.21. The Morgan fingerprint density at radius 3 is 2.84 bits per heavy atom. The van der Waals surface area contributed by atoms with Gasteiger partial charge in [-0.3, -0.25) is 14.5 Å². The third-order valence-electron chi connectivity index (χ3n) is 5.48. The molecule has 0 spiro atoms. The summed E-state index contributed by atoms with van der Waals surface area (Å²) in [6, 6.07) is 7.77. The van der Waals surface area contributed by atoms with Crippen LogP contribution in [0.3, 0.4) is 0 Å². The Labute approximate surface area is 146 Å². The Morgan fingerprint density at radius 2 is 2.00 bits per heavy atom. The average Bonchev–Trinajstić information content (AvgIpc) is 3.30. The number of amides is 1. The Morgan fingerprint density at radius 1 is 1.20 bits per heavy atom. The van der Waals surface area contributed by atoms with Crippen LogP contribution in [0.1, 0.15) is 44.3 Å². The summed E-state index contributed by atoms with van der Waals surface area (Å²) in [6.07, 6.45) is 6.98. The van der Waals surface area contributed by atoms with Crippen molar-refractivity contribution in [3.63, 3.8) is 0 Å². The van der Waals surface area contributed by atoms with Crippen LogP contribution >= 0.6 is 0 Å². The molecule has 1 saturated carbocycles. The number of carbonyl (C=O) groups is 1. The van der Waals surface area contributed by atoms with Crippen LogP contribution in [0, 0.1) is 0 Å². The van der Waals surface area contributed by atoms with Crippen molar-refractivity contribution in [2.24, 2.45) is 0 Å². The van der Waals surface area contributed by atoms with Gasteiger partial charge in [0.2, 0.25) is 5.91 Å². The Balaban J connectivity index is 1.44. The summed E-state index contributed by atoms with van der Waals surface area (Å²) in [5.41, 5.74) is 0.493. The number of nitrogens with zero attached hydrogens (tertiary/aromatic N) is 2. The second-order valence-corrected chi connectivity index (χ2v) is 7.08. The Bertz CT molecular complexity index is 826. The zero-order valence-electron chi connectivity index (χ0n) is 14.3. The fourth-order valence-corrected chi connectivity index (χ4v) is 4.25. The van der Waals surface area contributed by atoms with E-state index in [0.29, 0.717) is 22.8 Å². The van der Waals surface area contributed by atoms with Crippen LogP contribution in [-0.4, -0.2) is 39.4 Å². The number of para-hydroxylation sites is 1. The maximum atomic E-state index is 12.7. The molecule has 6 nitrogen and oxygen atoms in total. The van der Waals surface area contributed by atoms with Crippen molar-refractivity contribution in [3.8, 4) is 0 Å². The van der Waals surface area contributed by atoms with Gasteiger partial charge in [-0.25, -0.2) is 4.98 Å². The SMILES string of the molecule is O=C(NCc1nc2ccccc2c(=O)[nH]1)C1CCCN1C1CCCC1.